The molecule has 0 amide bonds. The van der Waals surface area contributed by atoms with Crippen molar-refractivity contribution in [2.24, 2.45) is 0 Å². The molecule has 0 saturated carbocycles. The summed E-state index contributed by atoms with van der Waals surface area (Å²) < 4.78 is 0. The number of anilines is 2. The maximum Gasteiger partial charge on any atom is 0.0723 e. The average molecular weight is 159 g/mol. The summed E-state index contributed by atoms with van der Waals surface area (Å²) in [4.78, 5) is 4.15. The molecule has 0 spiro atoms. The van der Waals surface area contributed by atoms with Gasteiger partial charge in [0.15, 0.2) is 0 Å². The maximum absolute atomic E-state index is 5.63. The third-order valence-corrected chi connectivity index (χ3v) is 1.81. The SMILES string of the molecule is Nc1cc2cccnc2cc1N. The van der Waals surface area contributed by atoms with Gasteiger partial charge in [-0.1, -0.05) is 6.07 Å². The Hall–Kier alpha value is -1.77. The van der Waals surface area contributed by atoms with Gasteiger partial charge in [-0.2, -0.15) is 0 Å². The largest absolute Gasteiger partial charge is 0.397 e. The van der Waals surface area contributed by atoms with Crippen LogP contribution in [0, 0.1) is 0 Å². The Balaban J connectivity index is 2.84. The van der Waals surface area contributed by atoms with Crippen LogP contribution in [0.5, 0.6) is 0 Å². The second-order valence-electron chi connectivity index (χ2n) is 2.68. The fourth-order valence-electron chi connectivity index (χ4n) is 1.15. The predicted molar refractivity (Wildman–Crippen MR) is 50.6 cm³/mol. The highest BCUT2D eigenvalue weighted by molar-refractivity contribution is 5.87. The Morgan fingerprint density at radius 2 is 1.83 bits per heavy atom. The number of hydrogen-bond donors (Lipinski definition) is 2. The lowest BCUT2D eigenvalue weighted by molar-refractivity contribution is 1.41. The molecule has 0 aliphatic rings. The lowest BCUT2D eigenvalue weighted by Crippen LogP contribution is -1.94. The first-order chi connectivity index (χ1) is 5.77. The van der Waals surface area contributed by atoms with Crippen LogP contribution in [-0.2, 0) is 0 Å². The molecule has 0 aliphatic heterocycles. The maximum atomic E-state index is 5.63. The zero-order valence-corrected chi connectivity index (χ0v) is 6.49. The fraction of sp³-hybridized carbons (Fsp3) is 0. The number of aromatic nitrogens is 1. The highest BCUT2D eigenvalue weighted by Crippen LogP contribution is 2.21. The van der Waals surface area contributed by atoms with Crippen LogP contribution in [0.2, 0.25) is 0 Å². The monoisotopic (exact) mass is 159 g/mol. The van der Waals surface area contributed by atoms with E-state index in [-0.39, 0.29) is 0 Å². The Morgan fingerprint density at radius 3 is 2.67 bits per heavy atom. The molecule has 0 atom stereocenters. The van der Waals surface area contributed by atoms with Crippen LogP contribution in [0.15, 0.2) is 30.5 Å². The summed E-state index contributed by atoms with van der Waals surface area (Å²) in [5.74, 6) is 0. The van der Waals surface area contributed by atoms with Gasteiger partial charge in [0.1, 0.15) is 0 Å². The molecule has 0 unspecified atom stereocenters. The second-order valence-corrected chi connectivity index (χ2v) is 2.68. The molecule has 1 aromatic carbocycles. The van der Waals surface area contributed by atoms with E-state index in [9.17, 15) is 0 Å². The van der Waals surface area contributed by atoms with Gasteiger partial charge < -0.3 is 11.5 Å². The van der Waals surface area contributed by atoms with E-state index in [2.05, 4.69) is 4.98 Å². The first kappa shape index (κ1) is 6.91. The van der Waals surface area contributed by atoms with E-state index in [4.69, 9.17) is 11.5 Å². The van der Waals surface area contributed by atoms with Crippen molar-refractivity contribution in [2.75, 3.05) is 11.5 Å². The molecule has 0 bridgehead atoms. The van der Waals surface area contributed by atoms with Gasteiger partial charge in [-0.3, -0.25) is 4.98 Å². The molecule has 4 N–H and O–H groups in total. The summed E-state index contributed by atoms with van der Waals surface area (Å²) >= 11 is 0. The van der Waals surface area contributed by atoms with Crippen molar-refractivity contribution >= 4 is 22.3 Å². The van der Waals surface area contributed by atoms with E-state index in [0.29, 0.717) is 11.4 Å². The van der Waals surface area contributed by atoms with Crippen molar-refractivity contribution in [3.63, 3.8) is 0 Å². The molecule has 3 heteroatoms. The van der Waals surface area contributed by atoms with Crippen molar-refractivity contribution in [3.05, 3.63) is 30.5 Å². The van der Waals surface area contributed by atoms with E-state index < -0.39 is 0 Å². The zero-order valence-electron chi connectivity index (χ0n) is 6.49. The first-order valence-corrected chi connectivity index (χ1v) is 3.67. The summed E-state index contributed by atoms with van der Waals surface area (Å²) in [6, 6.07) is 7.44. The van der Waals surface area contributed by atoms with Crippen LogP contribution in [0.4, 0.5) is 11.4 Å². The van der Waals surface area contributed by atoms with Crippen LogP contribution >= 0.6 is 0 Å². The van der Waals surface area contributed by atoms with Gasteiger partial charge in [0.05, 0.1) is 16.9 Å². The number of nitrogens with zero attached hydrogens (tertiary/aromatic N) is 1. The minimum Gasteiger partial charge on any atom is -0.397 e. The summed E-state index contributed by atoms with van der Waals surface area (Å²) in [5, 5.41) is 1.02. The fourth-order valence-corrected chi connectivity index (χ4v) is 1.15. The Bertz CT molecular complexity index is 383. The second kappa shape index (κ2) is 2.37. The molecule has 60 valence electrons. The average Bonchev–Trinajstić information content (AvgIpc) is 2.07. The van der Waals surface area contributed by atoms with Crippen LogP contribution in [0.1, 0.15) is 0 Å². The van der Waals surface area contributed by atoms with Gasteiger partial charge in [0, 0.05) is 11.6 Å². The molecule has 1 heterocycles. The van der Waals surface area contributed by atoms with Crippen molar-refractivity contribution in [3.8, 4) is 0 Å². The Labute approximate surface area is 70.0 Å². The smallest absolute Gasteiger partial charge is 0.0723 e. The zero-order chi connectivity index (χ0) is 8.55. The quantitative estimate of drug-likeness (QED) is 0.571. The molecule has 1 aromatic heterocycles. The lowest BCUT2D eigenvalue weighted by atomic mass is 10.2. The van der Waals surface area contributed by atoms with Crippen molar-refractivity contribution < 1.29 is 0 Å². The van der Waals surface area contributed by atoms with Gasteiger partial charge in [-0.05, 0) is 18.2 Å². The molecule has 2 aromatic rings. The van der Waals surface area contributed by atoms with E-state index in [0.717, 1.165) is 10.9 Å². The summed E-state index contributed by atoms with van der Waals surface area (Å²) in [7, 11) is 0. The highest BCUT2D eigenvalue weighted by Gasteiger charge is 1.97. The molecule has 0 fully saturated rings. The van der Waals surface area contributed by atoms with Gasteiger partial charge >= 0.3 is 0 Å². The lowest BCUT2D eigenvalue weighted by Gasteiger charge is -2.01. The topological polar surface area (TPSA) is 64.9 Å². The number of nitrogens with two attached hydrogens (primary N) is 2. The van der Waals surface area contributed by atoms with E-state index >= 15 is 0 Å². The number of benzene rings is 1. The molecule has 0 radical (unpaired) electrons. The summed E-state index contributed by atoms with van der Waals surface area (Å²) in [5.41, 5.74) is 13.3. The number of nitrogen functional groups attached to an aromatic ring is 2. The summed E-state index contributed by atoms with van der Waals surface area (Å²) in [6.07, 6.45) is 1.73. The van der Waals surface area contributed by atoms with Gasteiger partial charge in [0.25, 0.3) is 0 Å². The minimum atomic E-state index is 0.584. The van der Waals surface area contributed by atoms with E-state index in [1.54, 1.807) is 12.3 Å². The Kier molecular flexibility index (Phi) is 1.37. The molecular weight excluding hydrogens is 150 g/mol. The third kappa shape index (κ3) is 0.955. The number of pyridine rings is 1. The Morgan fingerprint density at radius 1 is 1.08 bits per heavy atom. The highest BCUT2D eigenvalue weighted by atomic mass is 14.7. The van der Waals surface area contributed by atoms with Crippen LogP contribution in [-0.4, -0.2) is 4.98 Å². The molecule has 0 saturated heterocycles. The third-order valence-electron chi connectivity index (χ3n) is 1.81. The van der Waals surface area contributed by atoms with Gasteiger partial charge in [0.2, 0.25) is 0 Å². The van der Waals surface area contributed by atoms with Crippen LogP contribution < -0.4 is 11.5 Å². The van der Waals surface area contributed by atoms with E-state index in [1.165, 1.54) is 0 Å². The summed E-state index contributed by atoms with van der Waals surface area (Å²) in [6.45, 7) is 0. The van der Waals surface area contributed by atoms with Crippen molar-refractivity contribution in [1.82, 2.24) is 4.98 Å². The van der Waals surface area contributed by atoms with Crippen molar-refractivity contribution in [1.29, 1.82) is 0 Å². The van der Waals surface area contributed by atoms with Gasteiger partial charge in [-0.25, -0.2) is 0 Å². The number of fused-ring (bicyclic) bond motifs is 1. The molecule has 2 rings (SSSR count). The van der Waals surface area contributed by atoms with E-state index in [1.807, 2.05) is 18.2 Å². The molecular formula is C9H9N3. The minimum absolute atomic E-state index is 0.584. The molecule has 3 nitrogen and oxygen atoms in total. The number of rotatable bonds is 0. The van der Waals surface area contributed by atoms with Gasteiger partial charge in [-0.15, -0.1) is 0 Å². The number of hydrogen-bond acceptors (Lipinski definition) is 3. The van der Waals surface area contributed by atoms with Crippen LogP contribution in [0.3, 0.4) is 0 Å². The predicted octanol–water partition coefficient (Wildman–Crippen LogP) is 1.40. The van der Waals surface area contributed by atoms with Crippen LogP contribution in [0.25, 0.3) is 10.9 Å². The normalized spacial score (nSPS) is 10.3. The van der Waals surface area contributed by atoms with Crippen molar-refractivity contribution in [2.45, 2.75) is 0 Å². The molecule has 0 aliphatic carbocycles. The standard InChI is InChI=1S/C9H9N3/c10-7-4-6-2-1-3-12-9(6)5-8(7)11/h1-5H,10-11H2. The first-order valence-electron chi connectivity index (χ1n) is 3.67. The molecule has 12 heavy (non-hydrogen) atoms.